The number of carbonyl (C=O) groups is 1. The smallest absolute Gasteiger partial charge is 0.337 e. The van der Waals surface area contributed by atoms with Gasteiger partial charge in [-0.1, -0.05) is 6.42 Å². The molecule has 118 valence electrons. The van der Waals surface area contributed by atoms with Gasteiger partial charge in [0.1, 0.15) is 5.82 Å². The highest BCUT2D eigenvalue weighted by Gasteiger charge is 2.25. The molecule has 1 atom stereocenters. The third kappa shape index (κ3) is 2.86. The van der Waals surface area contributed by atoms with Crippen molar-refractivity contribution in [2.24, 2.45) is 0 Å². The summed E-state index contributed by atoms with van der Waals surface area (Å²) in [6.45, 7) is 5.63. The van der Waals surface area contributed by atoms with E-state index >= 15 is 0 Å². The van der Waals surface area contributed by atoms with E-state index in [9.17, 15) is 4.79 Å². The van der Waals surface area contributed by atoms with Gasteiger partial charge in [0.15, 0.2) is 0 Å². The largest absolute Gasteiger partial charge is 0.478 e. The van der Waals surface area contributed by atoms with Crippen molar-refractivity contribution in [3.8, 4) is 0 Å². The third-order valence-corrected chi connectivity index (χ3v) is 4.61. The highest BCUT2D eigenvalue weighted by molar-refractivity contribution is 5.87. The molecule has 2 aromatic rings. The molecule has 0 saturated carbocycles. The van der Waals surface area contributed by atoms with Crippen molar-refractivity contribution < 1.29 is 9.90 Å². The van der Waals surface area contributed by atoms with Crippen LogP contribution in [0.3, 0.4) is 0 Å². The Morgan fingerprint density at radius 1 is 1.41 bits per heavy atom. The second-order valence-electron chi connectivity index (χ2n) is 6.38. The second kappa shape index (κ2) is 6.08. The second-order valence-corrected chi connectivity index (χ2v) is 6.38. The number of carboxylic acids is 1. The van der Waals surface area contributed by atoms with Crippen LogP contribution in [0.2, 0.25) is 0 Å². The number of nitrogens with zero attached hydrogens (tertiary/aromatic N) is 3. The van der Waals surface area contributed by atoms with Gasteiger partial charge in [-0.05, 0) is 45.4 Å². The summed E-state index contributed by atoms with van der Waals surface area (Å²) in [5.74, 6) is 0.0543. The molecule has 0 radical (unpaired) electrons. The summed E-state index contributed by atoms with van der Waals surface area (Å²) in [6, 6.07) is 4.48. The van der Waals surface area contributed by atoms with E-state index in [1.54, 1.807) is 12.3 Å². The molecule has 1 N–H and O–H groups in total. The Balaban J connectivity index is 1.89. The molecule has 0 amide bonds. The van der Waals surface area contributed by atoms with Crippen molar-refractivity contribution in [1.82, 2.24) is 14.3 Å². The third-order valence-electron chi connectivity index (χ3n) is 4.61. The summed E-state index contributed by atoms with van der Waals surface area (Å²) in [5, 5.41) is 9.17. The standard InChI is InChI=1S/C17H23N3O2/c1-12(2)19-8-4-3-5-14(19)9-16-18-10-15-7-6-13(17(21)22)11-20(15)16/h6-7,10-12,14H,3-5,8-9H2,1-2H3,(H,21,22). The number of fused-ring (bicyclic) bond motifs is 1. The van der Waals surface area contributed by atoms with E-state index in [1.807, 2.05) is 16.7 Å². The average molecular weight is 301 g/mol. The highest BCUT2D eigenvalue weighted by atomic mass is 16.4. The van der Waals surface area contributed by atoms with Crippen LogP contribution in [0.1, 0.15) is 49.3 Å². The first-order valence-corrected chi connectivity index (χ1v) is 8.01. The summed E-state index contributed by atoms with van der Waals surface area (Å²) < 4.78 is 1.93. The van der Waals surface area contributed by atoms with Gasteiger partial charge in [0.2, 0.25) is 0 Å². The molecule has 1 saturated heterocycles. The Labute approximate surface area is 130 Å². The molecule has 5 heteroatoms. The van der Waals surface area contributed by atoms with Gasteiger partial charge in [-0.15, -0.1) is 0 Å². The molecule has 0 bridgehead atoms. The first-order valence-electron chi connectivity index (χ1n) is 8.01. The fourth-order valence-electron chi connectivity index (χ4n) is 3.45. The molecule has 22 heavy (non-hydrogen) atoms. The zero-order valence-electron chi connectivity index (χ0n) is 13.2. The number of likely N-dealkylation sites (tertiary alicyclic amines) is 1. The van der Waals surface area contributed by atoms with E-state index in [1.165, 1.54) is 19.3 Å². The molecule has 1 fully saturated rings. The zero-order chi connectivity index (χ0) is 15.7. The summed E-state index contributed by atoms with van der Waals surface area (Å²) in [5.41, 5.74) is 1.25. The van der Waals surface area contributed by atoms with Gasteiger partial charge in [-0.3, -0.25) is 4.90 Å². The molecule has 3 rings (SSSR count). The van der Waals surface area contributed by atoms with Crippen molar-refractivity contribution in [2.45, 2.75) is 51.6 Å². The summed E-state index contributed by atoms with van der Waals surface area (Å²) >= 11 is 0. The molecule has 1 aliphatic rings. The molecular weight excluding hydrogens is 278 g/mol. The number of imidazole rings is 1. The van der Waals surface area contributed by atoms with Crippen LogP contribution >= 0.6 is 0 Å². The Kier molecular flexibility index (Phi) is 4.16. The molecular formula is C17H23N3O2. The van der Waals surface area contributed by atoms with Crippen molar-refractivity contribution in [3.05, 3.63) is 35.9 Å². The van der Waals surface area contributed by atoms with Crippen LogP contribution in [0.4, 0.5) is 0 Å². The minimum Gasteiger partial charge on any atom is -0.478 e. The van der Waals surface area contributed by atoms with E-state index in [2.05, 4.69) is 23.7 Å². The summed E-state index contributed by atoms with van der Waals surface area (Å²) in [7, 11) is 0. The maximum Gasteiger partial charge on any atom is 0.337 e. The van der Waals surface area contributed by atoms with E-state index < -0.39 is 5.97 Å². The SMILES string of the molecule is CC(C)N1CCCCC1Cc1ncc2ccc(C(=O)O)cn12. The number of pyridine rings is 1. The first-order chi connectivity index (χ1) is 10.6. The predicted octanol–water partition coefficient (Wildman–Crippen LogP) is 2.84. The zero-order valence-corrected chi connectivity index (χ0v) is 13.2. The molecule has 2 aromatic heterocycles. The molecule has 0 spiro atoms. The lowest BCUT2D eigenvalue weighted by Gasteiger charge is -2.38. The first kappa shape index (κ1) is 15.0. The van der Waals surface area contributed by atoms with Crippen LogP contribution in [-0.2, 0) is 6.42 Å². The normalized spacial score (nSPS) is 19.9. The lowest BCUT2D eigenvalue weighted by Crippen LogP contribution is -2.45. The molecule has 1 unspecified atom stereocenters. The maximum absolute atomic E-state index is 11.2. The quantitative estimate of drug-likeness (QED) is 0.943. The van der Waals surface area contributed by atoms with Crippen LogP contribution in [0.15, 0.2) is 24.5 Å². The molecule has 0 aromatic carbocycles. The number of hydrogen-bond acceptors (Lipinski definition) is 3. The van der Waals surface area contributed by atoms with E-state index in [0.29, 0.717) is 17.6 Å². The minimum absolute atomic E-state index is 0.302. The summed E-state index contributed by atoms with van der Waals surface area (Å²) in [4.78, 5) is 18.2. The number of carboxylic acid groups (broad SMARTS) is 1. The molecule has 0 aliphatic carbocycles. The van der Waals surface area contributed by atoms with Crippen LogP contribution in [0.5, 0.6) is 0 Å². The number of hydrogen-bond donors (Lipinski definition) is 1. The fourth-order valence-corrected chi connectivity index (χ4v) is 3.45. The Morgan fingerprint density at radius 3 is 2.95 bits per heavy atom. The highest BCUT2D eigenvalue weighted by Crippen LogP contribution is 2.23. The van der Waals surface area contributed by atoms with Gasteiger partial charge >= 0.3 is 5.97 Å². The van der Waals surface area contributed by atoms with Crippen molar-refractivity contribution in [1.29, 1.82) is 0 Å². The van der Waals surface area contributed by atoms with Crippen LogP contribution in [0, 0.1) is 0 Å². The summed E-state index contributed by atoms with van der Waals surface area (Å²) in [6.07, 6.45) is 8.09. The van der Waals surface area contributed by atoms with E-state index in [0.717, 1.165) is 24.3 Å². The molecule has 5 nitrogen and oxygen atoms in total. The van der Waals surface area contributed by atoms with E-state index in [-0.39, 0.29) is 0 Å². The van der Waals surface area contributed by atoms with Gasteiger partial charge in [-0.25, -0.2) is 9.78 Å². The molecule has 1 aliphatic heterocycles. The number of piperidine rings is 1. The fraction of sp³-hybridized carbons (Fsp3) is 0.529. The van der Waals surface area contributed by atoms with Crippen LogP contribution < -0.4 is 0 Å². The van der Waals surface area contributed by atoms with Gasteiger partial charge in [0.25, 0.3) is 0 Å². The van der Waals surface area contributed by atoms with Gasteiger partial charge in [0.05, 0.1) is 17.3 Å². The molecule has 3 heterocycles. The van der Waals surface area contributed by atoms with Gasteiger partial charge in [0, 0.05) is 24.7 Å². The predicted molar refractivity (Wildman–Crippen MR) is 85.3 cm³/mol. The van der Waals surface area contributed by atoms with Crippen molar-refractivity contribution in [2.75, 3.05) is 6.54 Å². The van der Waals surface area contributed by atoms with Gasteiger partial charge in [-0.2, -0.15) is 0 Å². The topological polar surface area (TPSA) is 57.8 Å². The van der Waals surface area contributed by atoms with Crippen LogP contribution in [0.25, 0.3) is 5.52 Å². The number of rotatable bonds is 4. The van der Waals surface area contributed by atoms with Gasteiger partial charge < -0.3 is 9.51 Å². The number of aromatic nitrogens is 2. The lowest BCUT2D eigenvalue weighted by molar-refractivity contribution is 0.0696. The Bertz CT molecular complexity index is 678. The monoisotopic (exact) mass is 301 g/mol. The Hall–Kier alpha value is -1.88. The number of aromatic carboxylic acids is 1. The van der Waals surface area contributed by atoms with Crippen molar-refractivity contribution >= 4 is 11.5 Å². The van der Waals surface area contributed by atoms with Crippen molar-refractivity contribution in [3.63, 3.8) is 0 Å². The van der Waals surface area contributed by atoms with Crippen LogP contribution in [-0.4, -0.2) is 44.0 Å². The maximum atomic E-state index is 11.2. The lowest BCUT2D eigenvalue weighted by atomic mass is 9.97. The van der Waals surface area contributed by atoms with E-state index in [4.69, 9.17) is 5.11 Å². The minimum atomic E-state index is -0.900. The average Bonchev–Trinajstić information content (AvgIpc) is 2.90. The Morgan fingerprint density at radius 2 is 2.23 bits per heavy atom.